The predicted molar refractivity (Wildman–Crippen MR) is 144 cm³/mol. The Labute approximate surface area is 215 Å². The summed E-state index contributed by atoms with van der Waals surface area (Å²) < 4.78 is 7.36. The number of hydrogen-bond donors (Lipinski definition) is 1. The third-order valence-corrected chi connectivity index (χ3v) is 6.84. The Hall–Kier alpha value is -4.24. The number of carbonyl (C=O) groups is 1. The van der Waals surface area contributed by atoms with E-state index in [1.165, 1.54) is 0 Å². The minimum atomic E-state index is -0.0154. The van der Waals surface area contributed by atoms with Crippen LogP contribution in [0.5, 0.6) is 0 Å². The molecule has 6 rings (SSSR count). The average molecular weight is 496 g/mol. The lowest BCUT2D eigenvalue weighted by molar-refractivity contribution is 0.0784. The van der Waals surface area contributed by atoms with Crippen molar-refractivity contribution in [2.45, 2.75) is 12.8 Å². The highest BCUT2D eigenvalue weighted by Gasteiger charge is 2.26. The van der Waals surface area contributed by atoms with Gasteiger partial charge < -0.3 is 19.5 Å². The van der Waals surface area contributed by atoms with Crippen molar-refractivity contribution in [1.82, 2.24) is 29.4 Å². The van der Waals surface area contributed by atoms with Gasteiger partial charge in [0.2, 0.25) is 11.9 Å². The van der Waals surface area contributed by atoms with Crippen molar-refractivity contribution < 1.29 is 9.53 Å². The maximum Gasteiger partial charge on any atom is 0.270 e. The minimum Gasteiger partial charge on any atom is -0.378 e. The Morgan fingerprint density at radius 1 is 1.03 bits per heavy atom. The van der Waals surface area contributed by atoms with Crippen LogP contribution in [0.4, 0.5) is 5.95 Å². The first-order valence-corrected chi connectivity index (χ1v) is 12.7. The zero-order valence-electron chi connectivity index (χ0n) is 20.6. The second-order valence-corrected chi connectivity index (χ2v) is 9.23. The molecule has 0 aliphatic carbocycles. The maximum atomic E-state index is 13.6. The van der Waals surface area contributed by atoms with Crippen molar-refractivity contribution in [2.24, 2.45) is 0 Å². The number of amides is 1. The lowest BCUT2D eigenvalue weighted by Gasteiger charge is -2.27. The van der Waals surface area contributed by atoms with Crippen LogP contribution in [0, 0.1) is 0 Å². The van der Waals surface area contributed by atoms with Crippen molar-refractivity contribution in [1.29, 1.82) is 0 Å². The number of carbonyl (C=O) groups excluding carboxylic acids is 1. The quantitative estimate of drug-likeness (QED) is 0.405. The van der Waals surface area contributed by atoms with Gasteiger partial charge in [-0.1, -0.05) is 36.9 Å². The topological polar surface area (TPSA) is 92.2 Å². The Morgan fingerprint density at radius 2 is 1.84 bits per heavy atom. The number of likely N-dealkylation sites (tertiary alicyclic amines) is 1. The summed E-state index contributed by atoms with van der Waals surface area (Å²) in [5, 5.41) is 1.03. The van der Waals surface area contributed by atoms with Gasteiger partial charge in [0.15, 0.2) is 5.82 Å². The van der Waals surface area contributed by atoms with Crippen molar-refractivity contribution in [3.63, 3.8) is 0 Å². The largest absolute Gasteiger partial charge is 0.378 e. The van der Waals surface area contributed by atoms with E-state index in [2.05, 4.69) is 16.5 Å². The first-order valence-electron chi connectivity index (χ1n) is 12.7. The molecule has 0 unspecified atom stereocenters. The van der Waals surface area contributed by atoms with Crippen LogP contribution in [0.15, 0.2) is 61.5 Å². The first kappa shape index (κ1) is 23.2. The molecule has 3 aromatic heterocycles. The smallest absolute Gasteiger partial charge is 0.270 e. The molecule has 1 amide bonds. The normalized spacial score (nSPS) is 16.2. The molecule has 2 aliphatic rings. The number of H-pyrrole nitrogens is 1. The molecule has 188 valence electrons. The SMILES string of the molecule is C=C/C=C\c1cc(C(=O)N2CCCC2)n(-c2nc(-c3cccc4[nH]ccc34)nc(N3CCOCC3)n2)c1. The fraction of sp³-hybridized carbons (Fsp3) is 0.286. The maximum absolute atomic E-state index is 13.6. The monoisotopic (exact) mass is 495 g/mol. The highest BCUT2D eigenvalue weighted by molar-refractivity contribution is 5.95. The van der Waals surface area contributed by atoms with Crippen molar-refractivity contribution in [3.05, 3.63) is 72.7 Å². The van der Waals surface area contributed by atoms with E-state index in [0.29, 0.717) is 49.7 Å². The van der Waals surface area contributed by atoms with Gasteiger partial charge in [-0.05, 0) is 36.6 Å². The van der Waals surface area contributed by atoms with E-state index in [1.807, 2.05) is 59.8 Å². The number of anilines is 1. The number of aromatic nitrogens is 5. The number of fused-ring (bicyclic) bond motifs is 1. The van der Waals surface area contributed by atoms with Gasteiger partial charge in [0.05, 0.1) is 13.2 Å². The molecule has 0 radical (unpaired) electrons. The summed E-state index contributed by atoms with van der Waals surface area (Å²) >= 11 is 0. The number of allylic oxidation sites excluding steroid dienone is 2. The van der Waals surface area contributed by atoms with E-state index in [1.54, 1.807) is 10.6 Å². The summed E-state index contributed by atoms with van der Waals surface area (Å²) in [7, 11) is 0. The molecule has 0 bridgehead atoms. The summed E-state index contributed by atoms with van der Waals surface area (Å²) in [6, 6.07) is 9.95. The summed E-state index contributed by atoms with van der Waals surface area (Å²) in [4.78, 5) is 35.5. The van der Waals surface area contributed by atoms with Gasteiger partial charge in [-0.3, -0.25) is 9.36 Å². The number of nitrogens with one attached hydrogen (secondary N) is 1. The number of hydrogen-bond acceptors (Lipinski definition) is 6. The third kappa shape index (κ3) is 4.53. The summed E-state index contributed by atoms with van der Waals surface area (Å²) in [6.07, 6.45) is 11.4. The number of nitrogens with zero attached hydrogens (tertiary/aromatic N) is 6. The fourth-order valence-corrected chi connectivity index (χ4v) is 4.93. The van der Waals surface area contributed by atoms with E-state index in [9.17, 15) is 4.79 Å². The van der Waals surface area contributed by atoms with Crippen LogP contribution >= 0.6 is 0 Å². The van der Waals surface area contributed by atoms with Gasteiger partial charge in [0.1, 0.15) is 5.69 Å². The van der Waals surface area contributed by atoms with Gasteiger partial charge in [-0.2, -0.15) is 15.0 Å². The minimum absolute atomic E-state index is 0.0154. The molecule has 9 nitrogen and oxygen atoms in total. The lowest BCUT2D eigenvalue weighted by Crippen LogP contribution is -2.37. The number of aromatic amines is 1. The zero-order valence-corrected chi connectivity index (χ0v) is 20.6. The van der Waals surface area contributed by atoms with Crippen LogP contribution < -0.4 is 4.90 Å². The van der Waals surface area contributed by atoms with Crippen LogP contribution in [-0.2, 0) is 4.74 Å². The third-order valence-electron chi connectivity index (χ3n) is 6.84. The van der Waals surface area contributed by atoms with E-state index in [0.717, 1.165) is 48.0 Å². The second kappa shape index (κ2) is 10.0. The average Bonchev–Trinajstić information content (AvgIpc) is 3.72. The van der Waals surface area contributed by atoms with E-state index in [4.69, 9.17) is 19.7 Å². The van der Waals surface area contributed by atoms with Crippen molar-refractivity contribution in [3.8, 4) is 17.3 Å². The summed E-state index contributed by atoms with van der Waals surface area (Å²) in [5.41, 5.74) is 3.33. The summed E-state index contributed by atoms with van der Waals surface area (Å²) in [6.45, 7) is 7.90. The highest BCUT2D eigenvalue weighted by atomic mass is 16.5. The number of ether oxygens (including phenoxy) is 1. The number of rotatable bonds is 6. The number of benzene rings is 1. The molecular formula is C28H29N7O2. The molecular weight excluding hydrogens is 466 g/mol. The van der Waals surface area contributed by atoms with Gasteiger partial charge in [-0.15, -0.1) is 0 Å². The van der Waals surface area contributed by atoms with Crippen LogP contribution in [0.1, 0.15) is 28.9 Å². The van der Waals surface area contributed by atoms with Gasteiger partial charge in [0.25, 0.3) is 5.91 Å². The highest BCUT2D eigenvalue weighted by Crippen LogP contribution is 2.28. The Kier molecular flexibility index (Phi) is 6.28. The van der Waals surface area contributed by atoms with Gasteiger partial charge >= 0.3 is 0 Å². The van der Waals surface area contributed by atoms with Crippen molar-refractivity contribution in [2.75, 3.05) is 44.3 Å². The first-order chi connectivity index (χ1) is 18.2. The molecule has 9 heteroatoms. The van der Waals surface area contributed by atoms with Crippen LogP contribution in [0.3, 0.4) is 0 Å². The fourth-order valence-electron chi connectivity index (χ4n) is 4.93. The zero-order chi connectivity index (χ0) is 25.2. The van der Waals surface area contributed by atoms with Crippen molar-refractivity contribution >= 4 is 28.8 Å². The molecule has 0 atom stereocenters. The molecule has 1 N–H and O–H groups in total. The molecule has 4 aromatic rings. The molecule has 0 saturated carbocycles. The lowest BCUT2D eigenvalue weighted by atomic mass is 10.1. The predicted octanol–water partition coefficient (Wildman–Crippen LogP) is 4.08. The molecule has 37 heavy (non-hydrogen) atoms. The van der Waals surface area contributed by atoms with E-state index >= 15 is 0 Å². The number of morpholine rings is 1. The molecule has 1 aromatic carbocycles. The van der Waals surface area contributed by atoms with Gasteiger partial charge in [0, 0.05) is 55.0 Å². The van der Waals surface area contributed by atoms with Crippen LogP contribution in [0.25, 0.3) is 34.3 Å². The van der Waals surface area contributed by atoms with Crippen LogP contribution in [-0.4, -0.2) is 74.7 Å². The Bertz CT molecular complexity index is 1470. The Morgan fingerprint density at radius 3 is 2.65 bits per heavy atom. The molecule has 0 spiro atoms. The second-order valence-electron chi connectivity index (χ2n) is 9.23. The molecule has 5 heterocycles. The van der Waals surface area contributed by atoms with Gasteiger partial charge in [-0.25, -0.2) is 0 Å². The van der Waals surface area contributed by atoms with E-state index in [-0.39, 0.29) is 5.91 Å². The van der Waals surface area contributed by atoms with Crippen LogP contribution in [0.2, 0.25) is 0 Å². The molecule has 2 aliphatic heterocycles. The molecule has 2 fully saturated rings. The summed E-state index contributed by atoms with van der Waals surface area (Å²) in [5.74, 6) is 1.54. The standard InChI is InChI=1S/C28H29N7O2/c1-2-3-7-20-18-24(26(36)33-12-4-5-13-33)35(19-20)28-31-25(22-8-6-9-23-21(22)10-11-29-23)30-27(32-28)34-14-16-37-17-15-34/h2-3,6-11,18-19,29H,1,4-5,12-17H2/b7-3-. The molecule has 2 saturated heterocycles. The van der Waals surface area contributed by atoms with E-state index < -0.39 is 0 Å². The Balaban J connectivity index is 1.52.